The number of benzene rings is 1. The number of rotatable bonds is 5. The molecule has 0 aliphatic carbocycles. The average molecular weight is 263 g/mol. The van der Waals surface area contributed by atoms with Gasteiger partial charge in [-0.05, 0) is 12.5 Å². The number of carbonyl (C=O) groups is 2. The van der Waals surface area contributed by atoms with Crippen LogP contribution in [0.15, 0.2) is 42.5 Å². The van der Waals surface area contributed by atoms with Crippen LogP contribution in [0.25, 0.3) is 0 Å². The second kappa shape index (κ2) is 6.70. The molecular weight excluding hydrogens is 246 g/mol. The van der Waals surface area contributed by atoms with Crippen molar-refractivity contribution in [1.29, 1.82) is 0 Å². The number of carboxylic acid groups (broad SMARTS) is 1. The summed E-state index contributed by atoms with van der Waals surface area (Å²) in [5, 5.41) is 18.6. The van der Waals surface area contributed by atoms with Gasteiger partial charge in [0.15, 0.2) is 0 Å². The van der Waals surface area contributed by atoms with Gasteiger partial charge in [0.2, 0.25) is 5.91 Å². The lowest BCUT2D eigenvalue weighted by Gasteiger charge is -2.28. The summed E-state index contributed by atoms with van der Waals surface area (Å²) in [5.74, 6) is -1.65. The van der Waals surface area contributed by atoms with Gasteiger partial charge in [-0.2, -0.15) is 0 Å². The molecule has 2 atom stereocenters. The summed E-state index contributed by atoms with van der Waals surface area (Å²) in [6.07, 6.45) is 0.921. The first kappa shape index (κ1) is 14.9. The number of carboxylic acids is 1. The van der Waals surface area contributed by atoms with Gasteiger partial charge in [0, 0.05) is 19.2 Å². The van der Waals surface area contributed by atoms with E-state index < -0.39 is 24.0 Å². The van der Waals surface area contributed by atoms with E-state index in [9.17, 15) is 14.7 Å². The molecule has 1 rings (SSSR count). The summed E-state index contributed by atoms with van der Waals surface area (Å²) in [4.78, 5) is 23.3. The van der Waals surface area contributed by atoms with Crippen LogP contribution in [0.2, 0.25) is 0 Å². The quantitative estimate of drug-likeness (QED) is 0.783. The van der Waals surface area contributed by atoms with Gasteiger partial charge in [-0.15, -0.1) is 0 Å². The molecule has 0 radical (unpaired) electrons. The maximum Gasteiger partial charge on any atom is 0.328 e. The van der Waals surface area contributed by atoms with Gasteiger partial charge in [0.05, 0.1) is 12.1 Å². The third-order valence-electron chi connectivity index (χ3n) is 2.93. The first-order valence-electron chi connectivity index (χ1n) is 5.84. The summed E-state index contributed by atoms with van der Waals surface area (Å²) in [6, 6.07) is 8.52. The van der Waals surface area contributed by atoms with E-state index in [2.05, 4.69) is 0 Å². The summed E-state index contributed by atoms with van der Waals surface area (Å²) in [7, 11) is 1.52. The molecule has 0 aromatic heterocycles. The number of hydrogen-bond donors (Lipinski definition) is 2. The molecule has 0 aliphatic heterocycles. The van der Waals surface area contributed by atoms with Crippen LogP contribution in [0.4, 0.5) is 0 Å². The van der Waals surface area contributed by atoms with E-state index in [1.807, 2.05) is 6.07 Å². The fourth-order valence-corrected chi connectivity index (χ4v) is 1.60. The zero-order chi connectivity index (χ0) is 14.4. The molecule has 0 saturated heterocycles. The second-order valence-corrected chi connectivity index (χ2v) is 4.22. The van der Waals surface area contributed by atoms with E-state index in [4.69, 9.17) is 5.11 Å². The van der Waals surface area contributed by atoms with Gasteiger partial charge in [0.25, 0.3) is 0 Å². The van der Waals surface area contributed by atoms with Crippen LogP contribution in [-0.2, 0) is 9.59 Å². The number of likely N-dealkylation sites (N-methyl/N-ethyl adjacent to an activating group) is 1. The standard InChI is InChI=1S/C14H17NO4/c1-10(14(19)11-6-4-3-5-7-11)15(2)12(16)8-9-13(17)18/h3-10,14,19H,1-2H3,(H,17,18)/b9-8+. The van der Waals surface area contributed by atoms with Crippen LogP contribution in [0.1, 0.15) is 18.6 Å². The van der Waals surface area contributed by atoms with E-state index in [1.165, 1.54) is 11.9 Å². The molecule has 0 bridgehead atoms. The van der Waals surface area contributed by atoms with Gasteiger partial charge in [0.1, 0.15) is 0 Å². The van der Waals surface area contributed by atoms with Gasteiger partial charge < -0.3 is 15.1 Å². The maximum absolute atomic E-state index is 11.7. The van der Waals surface area contributed by atoms with Crippen LogP contribution in [0, 0.1) is 0 Å². The minimum atomic E-state index is -1.18. The Hall–Kier alpha value is -2.14. The number of aliphatic hydroxyl groups excluding tert-OH is 1. The lowest BCUT2D eigenvalue weighted by Crippen LogP contribution is -2.38. The smallest absolute Gasteiger partial charge is 0.328 e. The minimum absolute atomic E-state index is 0.464. The largest absolute Gasteiger partial charge is 0.478 e. The summed E-state index contributed by atoms with van der Waals surface area (Å²) in [5.41, 5.74) is 0.705. The number of aliphatic carboxylic acids is 1. The SMILES string of the molecule is CC(C(O)c1ccccc1)N(C)C(=O)/C=C/C(=O)O. The van der Waals surface area contributed by atoms with Crippen LogP contribution >= 0.6 is 0 Å². The van der Waals surface area contributed by atoms with Crippen molar-refractivity contribution in [2.75, 3.05) is 7.05 Å². The molecule has 0 aliphatic rings. The zero-order valence-corrected chi connectivity index (χ0v) is 10.9. The number of hydrogen-bond acceptors (Lipinski definition) is 3. The van der Waals surface area contributed by atoms with Crippen molar-refractivity contribution in [2.45, 2.75) is 19.1 Å². The first-order chi connectivity index (χ1) is 8.93. The Bertz CT molecular complexity index is 470. The first-order valence-corrected chi connectivity index (χ1v) is 5.84. The fourth-order valence-electron chi connectivity index (χ4n) is 1.60. The molecule has 102 valence electrons. The topological polar surface area (TPSA) is 77.8 Å². The van der Waals surface area contributed by atoms with Crippen LogP contribution < -0.4 is 0 Å². The van der Waals surface area contributed by atoms with E-state index in [1.54, 1.807) is 31.2 Å². The molecule has 2 unspecified atom stereocenters. The average Bonchev–Trinajstić information content (AvgIpc) is 2.43. The molecule has 1 aromatic carbocycles. The Morgan fingerprint density at radius 2 is 1.79 bits per heavy atom. The highest BCUT2D eigenvalue weighted by atomic mass is 16.4. The molecule has 19 heavy (non-hydrogen) atoms. The monoisotopic (exact) mass is 263 g/mol. The molecule has 1 aromatic rings. The molecule has 0 saturated carbocycles. The van der Waals surface area contributed by atoms with Crippen molar-refractivity contribution >= 4 is 11.9 Å². The maximum atomic E-state index is 11.7. The Labute approximate surface area is 111 Å². The molecule has 1 amide bonds. The van der Waals surface area contributed by atoms with Crippen molar-refractivity contribution in [3.05, 3.63) is 48.0 Å². The van der Waals surface area contributed by atoms with Crippen molar-refractivity contribution < 1.29 is 19.8 Å². The third-order valence-corrected chi connectivity index (χ3v) is 2.93. The predicted molar refractivity (Wildman–Crippen MR) is 70.4 cm³/mol. The Morgan fingerprint density at radius 3 is 2.32 bits per heavy atom. The van der Waals surface area contributed by atoms with Crippen molar-refractivity contribution in [2.24, 2.45) is 0 Å². The molecule has 0 spiro atoms. The number of carbonyl (C=O) groups excluding carboxylic acids is 1. The number of nitrogens with zero attached hydrogens (tertiary/aromatic N) is 1. The molecule has 2 N–H and O–H groups in total. The third kappa shape index (κ3) is 4.22. The molecular formula is C14H17NO4. The van der Waals surface area contributed by atoms with Gasteiger partial charge >= 0.3 is 5.97 Å². The molecule has 5 nitrogen and oxygen atoms in total. The molecule has 5 heteroatoms. The minimum Gasteiger partial charge on any atom is -0.478 e. The lowest BCUT2D eigenvalue weighted by molar-refractivity contribution is -0.132. The van der Waals surface area contributed by atoms with E-state index in [-0.39, 0.29) is 0 Å². The van der Waals surface area contributed by atoms with Gasteiger partial charge in [-0.1, -0.05) is 30.3 Å². The van der Waals surface area contributed by atoms with E-state index in [0.717, 1.165) is 12.2 Å². The van der Waals surface area contributed by atoms with Crippen molar-refractivity contribution in [1.82, 2.24) is 4.90 Å². The highest BCUT2D eigenvalue weighted by Crippen LogP contribution is 2.19. The van der Waals surface area contributed by atoms with E-state index >= 15 is 0 Å². The van der Waals surface area contributed by atoms with Crippen molar-refractivity contribution in [3.8, 4) is 0 Å². The normalized spacial score (nSPS) is 14.1. The Morgan fingerprint density at radius 1 is 1.21 bits per heavy atom. The van der Waals surface area contributed by atoms with Crippen molar-refractivity contribution in [3.63, 3.8) is 0 Å². The Kier molecular flexibility index (Phi) is 5.26. The Balaban J connectivity index is 2.74. The number of amides is 1. The highest BCUT2D eigenvalue weighted by molar-refractivity contribution is 5.93. The summed E-state index contributed by atoms with van der Waals surface area (Å²) in [6.45, 7) is 1.70. The summed E-state index contributed by atoms with van der Waals surface area (Å²) >= 11 is 0. The van der Waals surface area contributed by atoms with Gasteiger partial charge in [-0.3, -0.25) is 4.79 Å². The fraction of sp³-hybridized carbons (Fsp3) is 0.286. The molecule has 0 heterocycles. The van der Waals surface area contributed by atoms with Crippen LogP contribution in [0.3, 0.4) is 0 Å². The zero-order valence-electron chi connectivity index (χ0n) is 10.9. The number of aliphatic hydroxyl groups is 1. The highest BCUT2D eigenvalue weighted by Gasteiger charge is 2.22. The van der Waals surface area contributed by atoms with Gasteiger partial charge in [-0.25, -0.2) is 4.79 Å². The van der Waals surface area contributed by atoms with Crippen LogP contribution in [0.5, 0.6) is 0 Å². The summed E-state index contributed by atoms with van der Waals surface area (Å²) < 4.78 is 0. The van der Waals surface area contributed by atoms with Crippen LogP contribution in [-0.4, -0.2) is 40.1 Å². The van der Waals surface area contributed by atoms with E-state index in [0.29, 0.717) is 5.56 Å². The second-order valence-electron chi connectivity index (χ2n) is 4.22. The predicted octanol–water partition coefficient (Wildman–Crippen LogP) is 1.21. The lowest BCUT2D eigenvalue weighted by atomic mass is 10.0. The molecule has 0 fully saturated rings.